The van der Waals surface area contributed by atoms with Crippen LogP contribution >= 0.6 is 0 Å². The highest BCUT2D eigenvalue weighted by Gasteiger charge is 2.18. The van der Waals surface area contributed by atoms with Gasteiger partial charge in [-0.15, -0.1) is 0 Å². The van der Waals surface area contributed by atoms with Crippen molar-refractivity contribution in [2.75, 3.05) is 19.8 Å². The molecule has 2 aromatic heterocycles. The summed E-state index contributed by atoms with van der Waals surface area (Å²) in [6, 6.07) is 14.3. The lowest BCUT2D eigenvalue weighted by Gasteiger charge is -2.11. The third-order valence-corrected chi connectivity index (χ3v) is 4.62. The minimum absolute atomic E-state index is 0.0120. The maximum absolute atomic E-state index is 13.2. The van der Waals surface area contributed by atoms with E-state index >= 15 is 0 Å². The van der Waals surface area contributed by atoms with Gasteiger partial charge in [0, 0.05) is 26.0 Å². The average molecular weight is 432 g/mol. The molecule has 1 amide bonds. The van der Waals surface area contributed by atoms with Gasteiger partial charge in [-0.2, -0.15) is 10.2 Å². The second-order valence-electron chi connectivity index (χ2n) is 6.91. The molecule has 0 spiro atoms. The number of hydrogen-bond acceptors (Lipinski definition) is 6. The molecule has 0 aliphatic heterocycles. The van der Waals surface area contributed by atoms with E-state index in [4.69, 9.17) is 9.47 Å². The summed E-state index contributed by atoms with van der Waals surface area (Å²) in [5.41, 5.74) is 0.565. The lowest BCUT2D eigenvalue weighted by molar-refractivity contribution is -0.117. The minimum Gasteiger partial charge on any atom is -0.438 e. The zero-order valence-corrected chi connectivity index (χ0v) is 18.0. The van der Waals surface area contributed by atoms with E-state index in [1.165, 1.54) is 10.5 Å². The van der Waals surface area contributed by atoms with Crippen molar-refractivity contribution in [2.45, 2.75) is 20.3 Å². The number of nitrogens with zero attached hydrogens (tertiary/aromatic N) is 3. The van der Waals surface area contributed by atoms with Gasteiger partial charge in [0.15, 0.2) is 0 Å². The van der Waals surface area contributed by atoms with Crippen LogP contribution in [0.1, 0.15) is 24.5 Å². The molecule has 0 unspecified atom stereocenters. The second kappa shape index (κ2) is 10.9. The van der Waals surface area contributed by atoms with Crippen molar-refractivity contribution in [3.05, 3.63) is 75.7 Å². The van der Waals surface area contributed by atoms with Gasteiger partial charge >= 0.3 is 0 Å². The molecule has 2 heterocycles. The molecule has 0 atom stereocenters. The van der Waals surface area contributed by atoms with E-state index < -0.39 is 11.5 Å². The topological polar surface area (TPSA) is 106 Å². The third kappa shape index (κ3) is 5.39. The number of carbonyl (C=O) groups is 1. The summed E-state index contributed by atoms with van der Waals surface area (Å²) in [5.74, 6) is -0.0818. The number of para-hydroxylation sites is 1. The predicted molar refractivity (Wildman–Crippen MR) is 120 cm³/mol. The highest BCUT2D eigenvalue weighted by molar-refractivity contribution is 6.01. The first kappa shape index (κ1) is 22.7. The Labute approximate surface area is 185 Å². The van der Waals surface area contributed by atoms with Crippen LogP contribution in [0.2, 0.25) is 0 Å². The fourth-order valence-corrected chi connectivity index (χ4v) is 3.00. The Bertz CT molecular complexity index is 1230. The quantitative estimate of drug-likeness (QED) is 0.316. The number of nitriles is 1. The van der Waals surface area contributed by atoms with E-state index in [1.807, 2.05) is 32.0 Å². The summed E-state index contributed by atoms with van der Waals surface area (Å²) < 4.78 is 12.5. The molecule has 0 aliphatic carbocycles. The largest absolute Gasteiger partial charge is 0.438 e. The molecule has 32 heavy (non-hydrogen) atoms. The summed E-state index contributed by atoms with van der Waals surface area (Å²) in [6.45, 7) is 5.17. The third-order valence-electron chi connectivity index (χ3n) is 4.62. The maximum atomic E-state index is 13.2. The van der Waals surface area contributed by atoms with Gasteiger partial charge in [-0.05, 0) is 50.1 Å². The van der Waals surface area contributed by atoms with Crippen LogP contribution in [0.3, 0.4) is 0 Å². The van der Waals surface area contributed by atoms with Gasteiger partial charge < -0.3 is 14.8 Å². The molecule has 164 valence electrons. The summed E-state index contributed by atoms with van der Waals surface area (Å²) in [5, 5.41) is 12.2. The Morgan fingerprint density at radius 1 is 1.25 bits per heavy atom. The van der Waals surface area contributed by atoms with E-state index in [9.17, 15) is 14.9 Å². The van der Waals surface area contributed by atoms with Crippen molar-refractivity contribution in [3.63, 3.8) is 0 Å². The number of aromatic nitrogens is 2. The van der Waals surface area contributed by atoms with Crippen LogP contribution in [0.4, 0.5) is 0 Å². The van der Waals surface area contributed by atoms with Crippen molar-refractivity contribution in [1.29, 1.82) is 5.26 Å². The number of aryl methyl sites for hydroxylation is 1. The Balaban J connectivity index is 2.02. The molecule has 0 saturated heterocycles. The van der Waals surface area contributed by atoms with Crippen LogP contribution in [0, 0.1) is 18.3 Å². The number of carbonyl (C=O) groups excluding carboxylic acids is 1. The number of ether oxygens (including phenoxy) is 2. The molecule has 0 saturated carbocycles. The molecule has 1 N–H and O–H groups in total. The van der Waals surface area contributed by atoms with Crippen LogP contribution in [-0.4, -0.2) is 35.1 Å². The number of amides is 1. The molecule has 3 rings (SSSR count). The molecular weight excluding hydrogens is 408 g/mol. The highest BCUT2D eigenvalue weighted by Crippen LogP contribution is 2.24. The molecule has 3 aromatic rings. The van der Waals surface area contributed by atoms with Crippen molar-refractivity contribution in [2.24, 2.45) is 0 Å². The zero-order chi connectivity index (χ0) is 22.9. The zero-order valence-electron chi connectivity index (χ0n) is 18.0. The minimum atomic E-state index is -0.580. The average Bonchev–Trinajstić information content (AvgIpc) is 2.80. The van der Waals surface area contributed by atoms with Gasteiger partial charge in [0.1, 0.15) is 28.6 Å². The van der Waals surface area contributed by atoms with Crippen LogP contribution < -0.4 is 15.6 Å². The Morgan fingerprint density at radius 2 is 2.03 bits per heavy atom. The SMILES string of the molecule is CCOCCCNC(=O)C(C#N)=Cc1c(Oc2ccccc2)nc2c(C)cccn2c1=O. The summed E-state index contributed by atoms with van der Waals surface area (Å²) in [4.78, 5) is 30.2. The van der Waals surface area contributed by atoms with E-state index in [0.717, 1.165) is 5.56 Å². The van der Waals surface area contributed by atoms with Crippen LogP contribution in [0.5, 0.6) is 11.6 Å². The lowest BCUT2D eigenvalue weighted by atomic mass is 10.1. The number of nitrogens with one attached hydrogen (secondary N) is 1. The number of benzene rings is 1. The first-order valence-electron chi connectivity index (χ1n) is 10.3. The van der Waals surface area contributed by atoms with E-state index in [2.05, 4.69) is 10.3 Å². The number of hydrogen-bond donors (Lipinski definition) is 1. The molecule has 0 bridgehead atoms. The van der Waals surface area contributed by atoms with Crippen molar-refractivity contribution < 1.29 is 14.3 Å². The van der Waals surface area contributed by atoms with Gasteiger partial charge in [0.25, 0.3) is 11.5 Å². The van der Waals surface area contributed by atoms with Gasteiger partial charge in [0.2, 0.25) is 5.88 Å². The van der Waals surface area contributed by atoms with Crippen molar-refractivity contribution in [3.8, 4) is 17.7 Å². The van der Waals surface area contributed by atoms with E-state index in [1.54, 1.807) is 36.5 Å². The van der Waals surface area contributed by atoms with Gasteiger partial charge in [0.05, 0.1) is 0 Å². The van der Waals surface area contributed by atoms with Gasteiger partial charge in [-0.1, -0.05) is 24.3 Å². The summed E-state index contributed by atoms with van der Waals surface area (Å²) >= 11 is 0. The van der Waals surface area contributed by atoms with Crippen LogP contribution in [0.15, 0.2) is 59.0 Å². The van der Waals surface area contributed by atoms with Crippen LogP contribution in [-0.2, 0) is 9.53 Å². The van der Waals surface area contributed by atoms with E-state index in [0.29, 0.717) is 37.6 Å². The molecule has 0 fully saturated rings. The molecule has 1 aromatic carbocycles. The number of pyridine rings is 1. The van der Waals surface area contributed by atoms with E-state index in [-0.39, 0.29) is 17.0 Å². The summed E-state index contributed by atoms with van der Waals surface area (Å²) in [7, 11) is 0. The fourth-order valence-electron chi connectivity index (χ4n) is 3.00. The molecule has 0 aliphatic rings. The van der Waals surface area contributed by atoms with Crippen molar-refractivity contribution >= 4 is 17.6 Å². The Kier molecular flexibility index (Phi) is 7.73. The molecule has 8 nitrogen and oxygen atoms in total. The maximum Gasteiger partial charge on any atom is 0.269 e. The first-order valence-corrected chi connectivity index (χ1v) is 10.3. The second-order valence-corrected chi connectivity index (χ2v) is 6.91. The molecule has 0 radical (unpaired) electrons. The Morgan fingerprint density at radius 3 is 2.75 bits per heavy atom. The highest BCUT2D eigenvalue weighted by atomic mass is 16.5. The normalized spacial score (nSPS) is 11.2. The number of rotatable bonds is 9. The Hall–Kier alpha value is -3.96. The monoisotopic (exact) mass is 432 g/mol. The fraction of sp³-hybridized carbons (Fsp3) is 0.250. The number of fused-ring (bicyclic) bond motifs is 1. The lowest BCUT2D eigenvalue weighted by Crippen LogP contribution is -2.27. The standard InChI is InChI=1S/C24H24N4O4/c1-3-31-14-8-12-26-22(29)18(16-25)15-20-23(32-19-10-5-4-6-11-19)27-21-17(2)9-7-13-28(21)24(20)30/h4-7,9-11,13,15H,3,8,12,14H2,1-2H3,(H,26,29). The molecular formula is C24H24N4O4. The predicted octanol–water partition coefficient (Wildman–Crippen LogP) is 3.25. The smallest absolute Gasteiger partial charge is 0.269 e. The molecule has 8 heteroatoms. The van der Waals surface area contributed by atoms with Crippen LogP contribution in [0.25, 0.3) is 11.7 Å². The van der Waals surface area contributed by atoms with Gasteiger partial charge in [-0.25, -0.2) is 0 Å². The summed E-state index contributed by atoms with van der Waals surface area (Å²) in [6.07, 6.45) is 3.42. The van der Waals surface area contributed by atoms with Crippen molar-refractivity contribution in [1.82, 2.24) is 14.7 Å². The van der Waals surface area contributed by atoms with Gasteiger partial charge in [-0.3, -0.25) is 14.0 Å². The first-order chi connectivity index (χ1) is 15.5.